The molecule has 0 N–H and O–H groups in total. The molecule has 0 unspecified atom stereocenters. The second kappa shape index (κ2) is 8.24. The number of nitrogens with zero attached hydrogens (tertiary/aromatic N) is 2. The monoisotopic (exact) mass is 356 g/mol. The van der Waals surface area contributed by atoms with Crippen molar-refractivity contribution in [3.63, 3.8) is 0 Å². The third kappa shape index (κ3) is 4.44. The predicted octanol–water partition coefficient (Wildman–Crippen LogP) is 3.26. The maximum absolute atomic E-state index is 12.1. The second-order valence-corrected chi connectivity index (χ2v) is 5.90. The Morgan fingerprint density at radius 1 is 1.08 bits per heavy atom. The van der Waals surface area contributed by atoms with Crippen molar-refractivity contribution in [1.29, 1.82) is 0 Å². The number of Topliss-reactive ketones (excluding diaryl/α,β-unsaturated/α-hetero) is 1. The summed E-state index contributed by atoms with van der Waals surface area (Å²) in [6.45, 7) is 1.59. The number of carbonyl (C=O) groups excluding carboxylic acids is 2. The summed E-state index contributed by atoms with van der Waals surface area (Å²) in [6, 6.07) is 11.1. The lowest BCUT2D eigenvalue weighted by Crippen LogP contribution is -2.15. The first-order valence-corrected chi connectivity index (χ1v) is 8.08. The van der Waals surface area contributed by atoms with Crippen LogP contribution in [0.25, 0.3) is 0 Å². The van der Waals surface area contributed by atoms with Gasteiger partial charge in [-0.05, 0) is 24.1 Å². The highest BCUT2D eigenvalue weighted by atomic mass is 16.6. The quantitative estimate of drug-likeness (QED) is 0.327. The SMILES string of the molecule is CCc1ccc(C(=O)COC(=O)c2ccc(N(C)C)c([N+](=O)[O-])c2)cc1. The van der Waals surface area contributed by atoms with E-state index in [0.717, 1.165) is 18.1 Å². The minimum absolute atomic E-state index is 0.0245. The molecule has 0 saturated heterocycles. The summed E-state index contributed by atoms with van der Waals surface area (Å²) in [5, 5.41) is 11.2. The van der Waals surface area contributed by atoms with Gasteiger partial charge in [-0.25, -0.2) is 4.79 Å². The molecule has 2 aromatic rings. The topological polar surface area (TPSA) is 89.8 Å². The fraction of sp³-hybridized carbons (Fsp3) is 0.263. The van der Waals surface area contributed by atoms with E-state index in [1.807, 2.05) is 19.1 Å². The molecular formula is C19H20N2O5. The number of ether oxygens (including phenoxy) is 1. The highest BCUT2D eigenvalue weighted by molar-refractivity contribution is 5.99. The summed E-state index contributed by atoms with van der Waals surface area (Å²) in [7, 11) is 3.34. The van der Waals surface area contributed by atoms with Gasteiger partial charge in [0.15, 0.2) is 12.4 Å². The zero-order valence-corrected chi connectivity index (χ0v) is 14.9. The minimum atomic E-state index is -0.781. The zero-order chi connectivity index (χ0) is 19.3. The summed E-state index contributed by atoms with van der Waals surface area (Å²) in [4.78, 5) is 36.4. The van der Waals surface area contributed by atoms with Crippen molar-refractivity contribution in [3.05, 3.63) is 69.3 Å². The van der Waals surface area contributed by atoms with Gasteiger partial charge >= 0.3 is 5.97 Å². The third-order valence-electron chi connectivity index (χ3n) is 3.91. The molecular weight excluding hydrogens is 336 g/mol. The molecule has 0 aliphatic heterocycles. The molecule has 7 heteroatoms. The standard InChI is InChI=1S/C19H20N2O5/c1-4-13-5-7-14(8-6-13)18(22)12-26-19(23)15-9-10-16(20(2)3)17(11-15)21(24)25/h5-11H,4,12H2,1-3H3. The molecule has 0 fully saturated rings. The fourth-order valence-corrected chi connectivity index (χ4v) is 2.40. The first-order valence-electron chi connectivity index (χ1n) is 8.08. The Balaban J connectivity index is 2.08. The lowest BCUT2D eigenvalue weighted by molar-refractivity contribution is -0.384. The van der Waals surface area contributed by atoms with Gasteiger partial charge in [0, 0.05) is 25.7 Å². The summed E-state index contributed by atoms with van der Waals surface area (Å²) in [5.41, 5.74) is 1.75. The fourth-order valence-electron chi connectivity index (χ4n) is 2.40. The number of rotatable bonds is 7. The van der Waals surface area contributed by atoms with Crippen LogP contribution < -0.4 is 4.90 Å². The van der Waals surface area contributed by atoms with Crippen molar-refractivity contribution in [2.75, 3.05) is 25.6 Å². The largest absolute Gasteiger partial charge is 0.454 e. The molecule has 0 aliphatic rings. The molecule has 0 spiro atoms. The number of hydrogen-bond acceptors (Lipinski definition) is 6. The van der Waals surface area contributed by atoms with Gasteiger partial charge in [0.2, 0.25) is 0 Å². The molecule has 0 amide bonds. The normalized spacial score (nSPS) is 10.3. The number of hydrogen-bond donors (Lipinski definition) is 0. The highest BCUT2D eigenvalue weighted by Crippen LogP contribution is 2.27. The molecule has 0 aromatic heterocycles. The van der Waals surface area contributed by atoms with E-state index >= 15 is 0 Å². The van der Waals surface area contributed by atoms with E-state index < -0.39 is 17.5 Å². The molecule has 0 aliphatic carbocycles. The molecule has 2 rings (SSSR count). The summed E-state index contributed by atoms with van der Waals surface area (Å²) < 4.78 is 5.01. The van der Waals surface area contributed by atoms with E-state index in [-0.39, 0.29) is 17.0 Å². The van der Waals surface area contributed by atoms with Crippen LogP contribution in [-0.4, -0.2) is 37.4 Å². The molecule has 2 aromatic carbocycles. The van der Waals surface area contributed by atoms with Crippen molar-refractivity contribution in [2.24, 2.45) is 0 Å². The molecule has 0 saturated carbocycles. The number of ketones is 1. The highest BCUT2D eigenvalue weighted by Gasteiger charge is 2.20. The van der Waals surface area contributed by atoms with Crippen molar-refractivity contribution >= 4 is 23.1 Å². The van der Waals surface area contributed by atoms with Crippen LogP contribution in [0.4, 0.5) is 11.4 Å². The summed E-state index contributed by atoms with van der Waals surface area (Å²) in [6.07, 6.45) is 0.866. The minimum Gasteiger partial charge on any atom is -0.454 e. The number of benzene rings is 2. The number of anilines is 1. The second-order valence-electron chi connectivity index (χ2n) is 5.90. The maximum atomic E-state index is 12.1. The molecule has 26 heavy (non-hydrogen) atoms. The van der Waals surface area contributed by atoms with Gasteiger partial charge in [0.05, 0.1) is 10.5 Å². The Kier molecular flexibility index (Phi) is 6.06. The Hall–Kier alpha value is -3.22. The van der Waals surface area contributed by atoms with E-state index in [2.05, 4.69) is 0 Å². The van der Waals surface area contributed by atoms with E-state index in [0.29, 0.717) is 11.3 Å². The number of esters is 1. The lowest BCUT2D eigenvalue weighted by Gasteiger charge is -2.13. The lowest BCUT2D eigenvalue weighted by atomic mass is 10.1. The van der Waals surface area contributed by atoms with Crippen LogP contribution in [0.5, 0.6) is 0 Å². The zero-order valence-electron chi connectivity index (χ0n) is 14.9. The van der Waals surface area contributed by atoms with Crippen molar-refractivity contribution in [1.82, 2.24) is 0 Å². The Morgan fingerprint density at radius 2 is 1.69 bits per heavy atom. The number of nitro benzene ring substituents is 1. The summed E-state index contributed by atoms with van der Waals surface area (Å²) in [5.74, 6) is -1.11. The van der Waals surface area contributed by atoms with Crippen molar-refractivity contribution < 1.29 is 19.2 Å². The van der Waals surface area contributed by atoms with E-state index in [1.54, 1.807) is 31.1 Å². The van der Waals surface area contributed by atoms with Crippen molar-refractivity contribution in [2.45, 2.75) is 13.3 Å². The molecule has 136 valence electrons. The van der Waals surface area contributed by atoms with Crippen LogP contribution in [0.1, 0.15) is 33.2 Å². The van der Waals surface area contributed by atoms with Gasteiger partial charge < -0.3 is 9.64 Å². The number of nitro groups is 1. The van der Waals surface area contributed by atoms with Crippen LogP contribution in [0.3, 0.4) is 0 Å². The Bertz CT molecular complexity index is 828. The third-order valence-corrected chi connectivity index (χ3v) is 3.91. The smallest absolute Gasteiger partial charge is 0.338 e. The molecule has 0 heterocycles. The van der Waals surface area contributed by atoms with Gasteiger partial charge in [0.1, 0.15) is 5.69 Å². The molecule has 0 atom stereocenters. The van der Waals surface area contributed by atoms with Crippen LogP contribution >= 0.6 is 0 Å². The van der Waals surface area contributed by atoms with Gasteiger partial charge in [-0.3, -0.25) is 14.9 Å². The van der Waals surface area contributed by atoms with Gasteiger partial charge in [0.25, 0.3) is 5.69 Å². The first-order chi connectivity index (χ1) is 12.3. The average molecular weight is 356 g/mol. The van der Waals surface area contributed by atoms with Crippen LogP contribution in [0.2, 0.25) is 0 Å². The maximum Gasteiger partial charge on any atom is 0.338 e. The Morgan fingerprint density at radius 3 is 2.23 bits per heavy atom. The summed E-state index contributed by atoms with van der Waals surface area (Å²) >= 11 is 0. The van der Waals surface area contributed by atoms with Gasteiger partial charge in [-0.15, -0.1) is 0 Å². The van der Waals surface area contributed by atoms with E-state index in [1.165, 1.54) is 12.1 Å². The Labute approximate surface area is 151 Å². The van der Waals surface area contributed by atoms with Gasteiger partial charge in [-0.2, -0.15) is 0 Å². The predicted molar refractivity (Wildman–Crippen MR) is 97.9 cm³/mol. The van der Waals surface area contributed by atoms with E-state index in [4.69, 9.17) is 4.74 Å². The molecule has 0 bridgehead atoms. The van der Waals surface area contributed by atoms with Crippen LogP contribution in [-0.2, 0) is 11.2 Å². The van der Waals surface area contributed by atoms with Crippen LogP contribution in [0.15, 0.2) is 42.5 Å². The van der Waals surface area contributed by atoms with Crippen molar-refractivity contribution in [3.8, 4) is 0 Å². The molecule has 7 nitrogen and oxygen atoms in total. The average Bonchev–Trinajstić information content (AvgIpc) is 2.65. The number of carbonyl (C=O) groups is 2. The van der Waals surface area contributed by atoms with Gasteiger partial charge in [-0.1, -0.05) is 31.2 Å². The first kappa shape index (κ1) is 19.1. The number of aryl methyl sites for hydroxylation is 1. The van der Waals surface area contributed by atoms with E-state index in [9.17, 15) is 19.7 Å². The van der Waals surface area contributed by atoms with Crippen LogP contribution in [0, 0.1) is 10.1 Å². The molecule has 0 radical (unpaired) electrons.